The number of piperazine rings is 1. The van der Waals surface area contributed by atoms with Gasteiger partial charge in [0.05, 0.1) is 0 Å². The third kappa shape index (κ3) is 3.20. The molecule has 1 saturated heterocycles. The number of aryl methyl sites for hydroxylation is 1. The van der Waals surface area contributed by atoms with Crippen molar-refractivity contribution in [3.05, 3.63) is 11.9 Å². The summed E-state index contributed by atoms with van der Waals surface area (Å²) in [5, 5.41) is 3.30. The molecule has 2 atom stereocenters. The van der Waals surface area contributed by atoms with Crippen LogP contribution in [0.15, 0.2) is 6.07 Å². The second-order valence-corrected chi connectivity index (χ2v) is 5.68. The Bertz CT molecular complexity index is 436. The first-order valence-corrected chi connectivity index (χ1v) is 7.63. The normalized spacial score (nSPS) is 23.9. The van der Waals surface area contributed by atoms with Crippen molar-refractivity contribution in [3.8, 4) is 0 Å². The molecule has 0 radical (unpaired) electrons. The molecule has 5 heteroatoms. The van der Waals surface area contributed by atoms with Crippen molar-refractivity contribution in [2.24, 2.45) is 0 Å². The first kappa shape index (κ1) is 15.0. The third-order valence-corrected chi connectivity index (χ3v) is 4.12. The van der Waals surface area contributed by atoms with Crippen molar-refractivity contribution < 1.29 is 0 Å². The number of nitrogens with zero attached hydrogens (tertiary/aromatic N) is 4. The van der Waals surface area contributed by atoms with E-state index in [2.05, 4.69) is 60.9 Å². The van der Waals surface area contributed by atoms with Gasteiger partial charge in [0.1, 0.15) is 17.5 Å². The zero-order chi connectivity index (χ0) is 14.7. The van der Waals surface area contributed by atoms with E-state index >= 15 is 0 Å². The van der Waals surface area contributed by atoms with E-state index in [1.807, 2.05) is 0 Å². The molecule has 20 heavy (non-hydrogen) atoms. The smallest absolute Gasteiger partial charge is 0.134 e. The Morgan fingerprint density at radius 3 is 2.40 bits per heavy atom. The van der Waals surface area contributed by atoms with E-state index in [9.17, 15) is 0 Å². The van der Waals surface area contributed by atoms with E-state index in [4.69, 9.17) is 4.98 Å². The van der Waals surface area contributed by atoms with Crippen molar-refractivity contribution >= 4 is 11.6 Å². The number of rotatable bonds is 4. The Balaban J connectivity index is 2.25. The summed E-state index contributed by atoms with van der Waals surface area (Å²) >= 11 is 0. The molecule has 1 aliphatic rings. The Morgan fingerprint density at radius 1 is 1.20 bits per heavy atom. The molecule has 2 heterocycles. The lowest BCUT2D eigenvalue weighted by molar-refractivity contribution is 0.169. The number of nitrogens with one attached hydrogen (secondary N) is 1. The Hall–Kier alpha value is -1.36. The summed E-state index contributed by atoms with van der Waals surface area (Å²) in [6.07, 6.45) is 0.866. The molecular weight excluding hydrogens is 250 g/mol. The maximum Gasteiger partial charge on any atom is 0.134 e. The molecule has 0 amide bonds. The largest absolute Gasteiger partial charge is 0.370 e. The van der Waals surface area contributed by atoms with Crippen LogP contribution in [0, 0.1) is 0 Å². The lowest BCUT2D eigenvalue weighted by Gasteiger charge is -2.43. The Morgan fingerprint density at radius 2 is 1.85 bits per heavy atom. The van der Waals surface area contributed by atoms with Crippen LogP contribution in [0.3, 0.4) is 0 Å². The molecule has 0 spiro atoms. The number of anilines is 2. The summed E-state index contributed by atoms with van der Waals surface area (Å²) in [4.78, 5) is 14.1. The van der Waals surface area contributed by atoms with E-state index < -0.39 is 0 Å². The number of hydrogen-bond donors (Lipinski definition) is 1. The van der Waals surface area contributed by atoms with Gasteiger partial charge in [-0.2, -0.15) is 0 Å². The van der Waals surface area contributed by atoms with Gasteiger partial charge in [-0.25, -0.2) is 9.97 Å². The number of hydrogen-bond acceptors (Lipinski definition) is 5. The van der Waals surface area contributed by atoms with Gasteiger partial charge in [-0.15, -0.1) is 0 Å². The van der Waals surface area contributed by atoms with Gasteiger partial charge in [0.25, 0.3) is 0 Å². The fourth-order valence-corrected chi connectivity index (χ4v) is 2.67. The molecule has 0 saturated carbocycles. The lowest BCUT2D eigenvalue weighted by Crippen LogP contribution is -2.55. The van der Waals surface area contributed by atoms with Gasteiger partial charge in [0, 0.05) is 44.2 Å². The summed E-state index contributed by atoms with van der Waals surface area (Å²) in [5.41, 5.74) is 0. The fraction of sp³-hybridized carbons (Fsp3) is 0.733. The highest BCUT2D eigenvalue weighted by Crippen LogP contribution is 2.22. The van der Waals surface area contributed by atoms with Crippen molar-refractivity contribution in [2.45, 2.75) is 46.2 Å². The van der Waals surface area contributed by atoms with Crippen molar-refractivity contribution in [1.82, 2.24) is 14.9 Å². The zero-order valence-corrected chi connectivity index (χ0v) is 13.3. The van der Waals surface area contributed by atoms with Crippen LogP contribution in [0.25, 0.3) is 0 Å². The molecule has 0 aromatic carbocycles. The highest BCUT2D eigenvalue weighted by molar-refractivity contribution is 5.50. The molecule has 112 valence electrons. The molecule has 0 aliphatic carbocycles. The van der Waals surface area contributed by atoms with E-state index in [1.165, 1.54) is 0 Å². The minimum atomic E-state index is 0.543. The van der Waals surface area contributed by atoms with E-state index in [-0.39, 0.29) is 0 Å². The maximum absolute atomic E-state index is 4.71. The highest BCUT2D eigenvalue weighted by Gasteiger charge is 2.27. The van der Waals surface area contributed by atoms with Gasteiger partial charge in [0.15, 0.2) is 0 Å². The van der Waals surface area contributed by atoms with Crippen LogP contribution < -0.4 is 10.2 Å². The lowest BCUT2D eigenvalue weighted by atomic mass is 10.1. The summed E-state index contributed by atoms with van der Waals surface area (Å²) < 4.78 is 0. The van der Waals surface area contributed by atoms with Gasteiger partial charge in [0.2, 0.25) is 0 Å². The summed E-state index contributed by atoms with van der Waals surface area (Å²) in [6.45, 7) is 11.7. The van der Waals surface area contributed by atoms with Gasteiger partial charge in [-0.05, 0) is 27.8 Å². The summed E-state index contributed by atoms with van der Waals surface area (Å²) in [6, 6.07) is 3.16. The minimum Gasteiger partial charge on any atom is -0.370 e. The minimum absolute atomic E-state index is 0.543. The highest BCUT2D eigenvalue weighted by atomic mass is 15.3. The van der Waals surface area contributed by atoms with E-state index in [0.717, 1.165) is 43.5 Å². The Labute approximate surface area is 122 Å². The quantitative estimate of drug-likeness (QED) is 0.912. The molecule has 1 aromatic heterocycles. The molecule has 5 nitrogen and oxygen atoms in total. The molecule has 1 aliphatic heterocycles. The molecule has 1 fully saturated rings. The monoisotopic (exact) mass is 277 g/mol. The molecule has 1 aromatic rings. The molecule has 2 unspecified atom stereocenters. The zero-order valence-electron chi connectivity index (χ0n) is 13.3. The number of likely N-dealkylation sites (N-methyl/N-ethyl adjacent to an activating group) is 1. The third-order valence-electron chi connectivity index (χ3n) is 4.12. The summed E-state index contributed by atoms with van der Waals surface area (Å²) in [7, 11) is 2.20. The van der Waals surface area contributed by atoms with Gasteiger partial charge in [-0.1, -0.05) is 6.92 Å². The molecule has 1 N–H and O–H groups in total. The van der Waals surface area contributed by atoms with Crippen LogP contribution in [0.2, 0.25) is 0 Å². The van der Waals surface area contributed by atoms with Crippen LogP contribution in [0.4, 0.5) is 11.6 Å². The molecule has 0 bridgehead atoms. The fourth-order valence-electron chi connectivity index (χ4n) is 2.67. The summed E-state index contributed by atoms with van der Waals surface area (Å²) in [5.74, 6) is 2.91. The van der Waals surface area contributed by atoms with Crippen LogP contribution in [0.1, 0.15) is 33.5 Å². The SMILES string of the molecule is CCNc1cc(N2CC(C)N(C)C(C)C2)nc(CC)n1. The molecular formula is C15H27N5. The van der Waals surface area contributed by atoms with Gasteiger partial charge >= 0.3 is 0 Å². The molecule has 2 rings (SSSR count). The number of aromatic nitrogens is 2. The van der Waals surface area contributed by atoms with Gasteiger partial charge in [-0.3, -0.25) is 4.90 Å². The average molecular weight is 277 g/mol. The first-order chi connectivity index (χ1) is 9.55. The second kappa shape index (κ2) is 6.39. The predicted octanol–water partition coefficient (Wildman–Crippen LogP) is 2.00. The predicted molar refractivity (Wildman–Crippen MR) is 84.5 cm³/mol. The van der Waals surface area contributed by atoms with Crippen LogP contribution in [0.5, 0.6) is 0 Å². The van der Waals surface area contributed by atoms with E-state index in [1.54, 1.807) is 0 Å². The van der Waals surface area contributed by atoms with Crippen LogP contribution in [-0.4, -0.2) is 53.6 Å². The standard InChI is InChI=1S/C15H27N5/c1-6-13-17-14(16-7-2)8-15(18-13)20-9-11(3)19(5)12(4)10-20/h8,11-12H,6-7,9-10H2,1-5H3,(H,16,17,18). The Kier molecular flexibility index (Phi) is 4.81. The topological polar surface area (TPSA) is 44.3 Å². The van der Waals surface area contributed by atoms with Crippen molar-refractivity contribution in [1.29, 1.82) is 0 Å². The van der Waals surface area contributed by atoms with Crippen molar-refractivity contribution in [3.63, 3.8) is 0 Å². The van der Waals surface area contributed by atoms with E-state index in [0.29, 0.717) is 12.1 Å². The van der Waals surface area contributed by atoms with Crippen LogP contribution >= 0.6 is 0 Å². The van der Waals surface area contributed by atoms with Crippen LogP contribution in [-0.2, 0) is 6.42 Å². The first-order valence-electron chi connectivity index (χ1n) is 7.63. The van der Waals surface area contributed by atoms with Gasteiger partial charge < -0.3 is 10.2 Å². The van der Waals surface area contributed by atoms with Crippen molar-refractivity contribution in [2.75, 3.05) is 36.9 Å². The average Bonchev–Trinajstić information content (AvgIpc) is 2.44. The maximum atomic E-state index is 4.71. The second-order valence-electron chi connectivity index (χ2n) is 5.68.